The molecule has 2 fully saturated rings. The standard InChI is InChI=1S/C30H28FNO4/c1-35-28-16-18(10-13-27(28)31)29(33)19-14-20-11-12-21(15-19)32(20)30(34)36-17-26-24-8-4-2-6-22(24)23-7-3-5-9-25(23)26/h2-10,13,16,19-21,26H,11-12,14-15,17H2,1H3. The molecule has 5 nitrogen and oxygen atoms in total. The molecule has 36 heavy (non-hydrogen) atoms. The number of methoxy groups -OCH3 is 1. The number of carbonyl (C=O) groups excluding carboxylic acids is 2. The van der Waals surface area contributed by atoms with Crippen LogP contribution in [-0.2, 0) is 4.74 Å². The van der Waals surface area contributed by atoms with E-state index in [0.29, 0.717) is 25.0 Å². The van der Waals surface area contributed by atoms with Gasteiger partial charge in [-0.3, -0.25) is 4.79 Å². The van der Waals surface area contributed by atoms with Crippen LogP contribution in [0.1, 0.15) is 53.1 Å². The molecule has 2 heterocycles. The van der Waals surface area contributed by atoms with Gasteiger partial charge in [0, 0.05) is 29.5 Å². The number of amides is 1. The van der Waals surface area contributed by atoms with E-state index in [9.17, 15) is 14.0 Å². The number of Topliss-reactive ketones (excluding diaryl/α,β-unsaturated/α-hetero) is 1. The summed E-state index contributed by atoms with van der Waals surface area (Å²) in [5, 5.41) is 0. The number of nitrogens with zero attached hydrogens (tertiary/aromatic N) is 1. The molecule has 0 radical (unpaired) electrons. The summed E-state index contributed by atoms with van der Waals surface area (Å²) in [6.07, 6.45) is 2.63. The third-order valence-electron chi connectivity index (χ3n) is 8.09. The summed E-state index contributed by atoms with van der Waals surface area (Å²) in [5.41, 5.74) is 5.23. The van der Waals surface area contributed by atoms with E-state index in [1.165, 1.54) is 47.6 Å². The second kappa shape index (κ2) is 9.08. The molecule has 184 valence electrons. The molecule has 0 aromatic heterocycles. The average Bonchev–Trinajstić information content (AvgIpc) is 3.37. The topological polar surface area (TPSA) is 55.8 Å². The zero-order valence-electron chi connectivity index (χ0n) is 20.2. The smallest absolute Gasteiger partial charge is 0.410 e. The lowest BCUT2D eigenvalue weighted by molar-refractivity contribution is 0.0506. The molecule has 0 spiro atoms. The maximum atomic E-state index is 13.8. The van der Waals surface area contributed by atoms with Gasteiger partial charge in [0.05, 0.1) is 7.11 Å². The zero-order valence-corrected chi connectivity index (χ0v) is 20.2. The van der Waals surface area contributed by atoms with E-state index in [1.54, 1.807) is 0 Å². The van der Waals surface area contributed by atoms with Gasteiger partial charge in [-0.1, -0.05) is 48.5 Å². The van der Waals surface area contributed by atoms with E-state index < -0.39 is 5.82 Å². The number of ketones is 1. The summed E-state index contributed by atoms with van der Waals surface area (Å²) in [7, 11) is 1.39. The number of piperidine rings is 1. The fourth-order valence-corrected chi connectivity index (χ4v) is 6.41. The Balaban J connectivity index is 1.14. The highest BCUT2D eigenvalue weighted by Gasteiger charge is 2.46. The molecule has 2 atom stereocenters. The maximum absolute atomic E-state index is 13.8. The fourth-order valence-electron chi connectivity index (χ4n) is 6.41. The molecule has 3 aliphatic rings. The number of benzene rings is 3. The van der Waals surface area contributed by atoms with Crippen molar-refractivity contribution in [3.05, 3.63) is 89.2 Å². The van der Waals surface area contributed by atoms with E-state index in [4.69, 9.17) is 9.47 Å². The van der Waals surface area contributed by atoms with Crippen molar-refractivity contribution in [2.24, 2.45) is 5.92 Å². The molecule has 3 aromatic rings. The first-order valence-corrected chi connectivity index (χ1v) is 12.6. The Morgan fingerprint density at radius 2 is 1.53 bits per heavy atom. The van der Waals surface area contributed by atoms with Crippen LogP contribution in [0.3, 0.4) is 0 Å². The average molecular weight is 486 g/mol. The molecule has 2 bridgehead atoms. The van der Waals surface area contributed by atoms with Gasteiger partial charge < -0.3 is 14.4 Å². The lowest BCUT2D eigenvalue weighted by Gasteiger charge is -2.37. The minimum atomic E-state index is -0.487. The number of ether oxygens (including phenoxy) is 2. The summed E-state index contributed by atoms with van der Waals surface area (Å²) >= 11 is 0. The second-order valence-corrected chi connectivity index (χ2v) is 9.98. The van der Waals surface area contributed by atoms with Gasteiger partial charge in [-0.2, -0.15) is 0 Å². The van der Waals surface area contributed by atoms with Crippen LogP contribution in [0.2, 0.25) is 0 Å². The fraction of sp³-hybridized carbons (Fsp3) is 0.333. The van der Waals surface area contributed by atoms with Crippen LogP contribution < -0.4 is 4.74 Å². The van der Waals surface area contributed by atoms with Gasteiger partial charge in [0.2, 0.25) is 0 Å². The molecular formula is C30H28FNO4. The molecular weight excluding hydrogens is 457 g/mol. The van der Waals surface area contributed by atoms with E-state index >= 15 is 0 Å². The zero-order chi connectivity index (χ0) is 24.8. The molecule has 0 N–H and O–H groups in total. The molecule has 0 saturated carbocycles. The molecule has 6 rings (SSSR count). The number of hydrogen-bond donors (Lipinski definition) is 0. The number of halogens is 1. The van der Waals surface area contributed by atoms with Crippen LogP contribution in [0, 0.1) is 11.7 Å². The number of fused-ring (bicyclic) bond motifs is 5. The van der Waals surface area contributed by atoms with Crippen LogP contribution in [0.5, 0.6) is 5.75 Å². The third kappa shape index (κ3) is 3.76. The normalized spacial score (nSPS) is 22.2. The highest BCUT2D eigenvalue weighted by Crippen LogP contribution is 2.45. The van der Waals surface area contributed by atoms with E-state index in [1.807, 2.05) is 29.2 Å². The third-order valence-corrected chi connectivity index (χ3v) is 8.09. The van der Waals surface area contributed by atoms with Gasteiger partial charge in [-0.05, 0) is 66.1 Å². The number of carbonyl (C=O) groups is 2. The van der Waals surface area contributed by atoms with E-state index in [-0.39, 0.29) is 41.5 Å². The highest BCUT2D eigenvalue weighted by molar-refractivity contribution is 5.98. The number of hydrogen-bond acceptors (Lipinski definition) is 4. The van der Waals surface area contributed by atoms with Crippen molar-refractivity contribution in [2.75, 3.05) is 13.7 Å². The minimum absolute atomic E-state index is 0.0163. The first kappa shape index (κ1) is 22.8. The van der Waals surface area contributed by atoms with Crippen molar-refractivity contribution >= 4 is 11.9 Å². The Hall–Kier alpha value is -3.67. The molecule has 3 aromatic carbocycles. The quantitative estimate of drug-likeness (QED) is 0.403. The Morgan fingerprint density at radius 1 is 0.917 bits per heavy atom. The lowest BCUT2D eigenvalue weighted by atomic mass is 9.85. The molecule has 2 unspecified atom stereocenters. The Kier molecular flexibility index (Phi) is 5.75. The van der Waals surface area contributed by atoms with Crippen molar-refractivity contribution in [3.8, 4) is 16.9 Å². The summed E-state index contributed by atoms with van der Waals surface area (Å²) in [6.45, 7) is 0.292. The van der Waals surface area contributed by atoms with Gasteiger partial charge >= 0.3 is 6.09 Å². The predicted molar refractivity (Wildman–Crippen MR) is 134 cm³/mol. The Morgan fingerprint density at radius 3 is 2.14 bits per heavy atom. The molecule has 2 aliphatic heterocycles. The largest absolute Gasteiger partial charge is 0.494 e. The second-order valence-electron chi connectivity index (χ2n) is 9.98. The van der Waals surface area contributed by atoms with Crippen molar-refractivity contribution in [3.63, 3.8) is 0 Å². The summed E-state index contributed by atoms with van der Waals surface area (Å²) < 4.78 is 24.8. The monoisotopic (exact) mass is 485 g/mol. The van der Waals surface area contributed by atoms with E-state index in [2.05, 4.69) is 24.3 Å². The van der Waals surface area contributed by atoms with Gasteiger partial charge in [0.25, 0.3) is 0 Å². The molecule has 6 heteroatoms. The van der Waals surface area contributed by atoms with Crippen LogP contribution in [-0.4, -0.2) is 42.6 Å². The minimum Gasteiger partial charge on any atom is -0.494 e. The molecule has 1 aliphatic carbocycles. The van der Waals surface area contributed by atoms with Gasteiger partial charge in [0.1, 0.15) is 6.61 Å². The highest BCUT2D eigenvalue weighted by atomic mass is 19.1. The van der Waals surface area contributed by atoms with Crippen LogP contribution in [0.4, 0.5) is 9.18 Å². The molecule has 2 saturated heterocycles. The van der Waals surface area contributed by atoms with Gasteiger partial charge in [-0.25, -0.2) is 9.18 Å². The van der Waals surface area contributed by atoms with Crippen molar-refractivity contribution in [2.45, 2.75) is 43.7 Å². The summed E-state index contributed by atoms with van der Waals surface area (Å²) in [4.78, 5) is 28.3. The summed E-state index contributed by atoms with van der Waals surface area (Å²) in [6, 6.07) is 20.8. The van der Waals surface area contributed by atoms with E-state index in [0.717, 1.165) is 12.8 Å². The van der Waals surface area contributed by atoms with Crippen molar-refractivity contribution < 1.29 is 23.5 Å². The Labute approximate surface area is 209 Å². The lowest BCUT2D eigenvalue weighted by Crippen LogP contribution is -2.48. The first-order chi connectivity index (χ1) is 17.5. The van der Waals surface area contributed by atoms with Gasteiger partial charge in [-0.15, -0.1) is 0 Å². The Bertz CT molecular complexity index is 1280. The maximum Gasteiger partial charge on any atom is 0.410 e. The van der Waals surface area contributed by atoms with Crippen LogP contribution >= 0.6 is 0 Å². The predicted octanol–water partition coefficient (Wildman–Crippen LogP) is 6.21. The van der Waals surface area contributed by atoms with Gasteiger partial charge in [0.15, 0.2) is 17.3 Å². The van der Waals surface area contributed by atoms with Crippen LogP contribution in [0.25, 0.3) is 11.1 Å². The summed E-state index contributed by atoms with van der Waals surface area (Å²) in [5.74, 6) is -0.613. The molecule has 1 amide bonds. The van der Waals surface area contributed by atoms with Crippen molar-refractivity contribution in [1.82, 2.24) is 4.90 Å². The van der Waals surface area contributed by atoms with Crippen molar-refractivity contribution in [1.29, 1.82) is 0 Å². The van der Waals surface area contributed by atoms with Crippen LogP contribution in [0.15, 0.2) is 66.7 Å². The SMILES string of the molecule is COc1cc(C(=O)C2CC3CCC(C2)N3C(=O)OCC2c3ccccc3-c3ccccc32)ccc1F. The number of rotatable bonds is 5. The first-order valence-electron chi connectivity index (χ1n) is 12.6.